The fraction of sp³-hybridized carbons (Fsp3) is 0.0909. The van der Waals surface area contributed by atoms with Crippen molar-refractivity contribution < 1.29 is 13.2 Å². The molecular weight excluding hydrogens is 457 g/mol. The Kier molecular flexibility index (Phi) is 7.00. The first-order valence-corrected chi connectivity index (χ1v) is 11.4. The van der Waals surface area contributed by atoms with Crippen molar-refractivity contribution >= 4 is 50.6 Å². The number of hydrogen-bond donors (Lipinski definition) is 1. The maximum atomic E-state index is 13.4. The maximum absolute atomic E-state index is 13.4. The molecule has 1 N–H and O–H groups in total. The molecule has 3 rings (SSSR count). The normalized spacial score (nSPS) is 11.1. The van der Waals surface area contributed by atoms with Crippen molar-refractivity contribution in [2.75, 3.05) is 16.2 Å². The molecule has 0 saturated carbocycles. The van der Waals surface area contributed by atoms with E-state index < -0.39 is 15.9 Å². The van der Waals surface area contributed by atoms with Crippen molar-refractivity contribution in [1.29, 1.82) is 0 Å². The van der Waals surface area contributed by atoms with E-state index in [1.807, 2.05) is 0 Å². The van der Waals surface area contributed by atoms with Crippen LogP contribution in [-0.4, -0.2) is 25.9 Å². The molecule has 2 aromatic carbocycles. The Morgan fingerprint density at radius 1 is 1.13 bits per heavy atom. The molecular formula is C22H19Cl2N3O3S. The standard InChI is InChI=1S/C22H19Cl2N3O3S/c1-3-13-27(17-9-7-16(23)8-10-17)31(29,30)18-11-12-20(24)19(14-18)22(28)26-21-6-4-5-15(2)25-21/h3-12,14H,1,13H2,2H3,(H,25,26,28). The number of aryl methyl sites for hydroxylation is 1. The molecule has 0 aliphatic heterocycles. The number of benzene rings is 2. The fourth-order valence-electron chi connectivity index (χ4n) is 2.83. The highest BCUT2D eigenvalue weighted by Crippen LogP contribution is 2.28. The van der Waals surface area contributed by atoms with E-state index >= 15 is 0 Å². The van der Waals surface area contributed by atoms with Crippen LogP contribution in [0, 0.1) is 6.92 Å². The Morgan fingerprint density at radius 3 is 2.48 bits per heavy atom. The van der Waals surface area contributed by atoms with Crippen molar-refractivity contribution in [2.24, 2.45) is 0 Å². The van der Waals surface area contributed by atoms with Crippen LogP contribution in [0.3, 0.4) is 0 Å². The first-order valence-electron chi connectivity index (χ1n) is 9.16. The van der Waals surface area contributed by atoms with E-state index in [-0.39, 0.29) is 22.0 Å². The van der Waals surface area contributed by atoms with Gasteiger partial charge in [0.25, 0.3) is 15.9 Å². The molecule has 9 heteroatoms. The van der Waals surface area contributed by atoms with Gasteiger partial charge in [0.2, 0.25) is 0 Å². The van der Waals surface area contributed by atoms with Crippen molar-refractivity contribution in [2.45, 2.75) is 11.8 Å². The molecule has 0 fully saturated rings. The van der Waals surface area contributed by atoms with Gasteiger partial charge in [-0.05, 0) is 61.5 Å². The van der Waals surface area contributed by atoms with Crippen molar-refractivity contribution in [3.05, 3.63) is 94.6 Å². The number of nitrogens with one attached hydrogen (secondary N) is 1. The fourth-order valence-corrected chi connectivity index (χ4v) is 4.62. The van der Waals surface area contributed by atoms with Crippen molar-refractivity contribution in [3.63, 3.8) is 0 Å². The third kappa shape index (κ3) is 5.25. The quantitative estimate of drug-likeness (QED) is 0.468. The molecule has 0 radical (unpaired) electrons. The number of aromatic nitrogens is 1. The summed E-state index contributed by atoms with van der Waals surface area (Å²) in [7, 11) is -4.02. The van der Waals surface area contributed by atoms with E-state index in [0.717, 1.165) is 5.69 Å². The lowest BCUT2D eigenvalue weighted by Gasteiger charge is -2.23. The second kappa shape index (κ2) is 9.51. The number of carbonyl (C=O) groups is 1. The van der Waals surface area contributed by atoms with Gasteiger partial charge in [0, 0.05) is 10.7 Å². The van der Waals surface area contributed by atoms with Crippen LogP contribution in [0.5, 0.6) is 0 Å². The lowest BCUT2D eigenvalue weighted by atomic mass is 10.2. The molecule has 0 aliphatic carbocycles. The van der Waals surface area contributed by atoms with E-state index in [4.69, 9.17) is 23.2 Å². The summed E-state index contributed by atoms with van der Waals surface area (Å²) in [5, 5.41) is 3.24. The van der Waals surface area contributed by atoms with Crippen LogP contribution < -0.4 is 9.62 Å². The Morgan fingerprint density at radius 2 is 1.84 bits per heavy atom. The number of pyridine rings is 1. The molecule has 0 unspecified atom stereocenters. The predicted octanol–water partition coefficient (Wildman–Crippen LogP) is 5.33. The zero-order valence-electron chi connectivity index (χ0n) is 16.5. The lowest BCUT2D eigenvalue weighted by Crippen LogP contribution is -2.31. The second-order valence-electron chi connectivity index (χ2n) is 6.56. The van der Waals surface area contributed by atoms with Gasteiger partial charge >= 0.3 is 0 Å². The van der Waals surface area contributed by atoms with Crippen LogP contribution in [0.15, 0.2) is 78.2 Å². The Balaban J connectivity index is 1.98. The third-order valence-electron chi connectivity index (χ3n) is 4.31. The topological polar surface area (TPSA) is 79.4 Å². The third-order valence-corrected chi connectivity index (χ3v) is 6.68. The minimum Gasteiger partial charge on any atom is -0.307 e. The van der Waals surface area contributed by atoms with Crippen molar-refractivity contribution in [3.8, 4) is 0 Å². The summed E-state index contributed by atoms with van der Waals surface area (Å²) >= 11 is 12.1. The van der Waals surface area contributed by atoms with Gasteiger partial charge in [-0.2, -0.15) is 0 Å². The zero-order chi connectivity index (χ0) is 22.6. The van der Waals surface area contributed by atoms with E-state index in [0.29, 0.717) is 16.5 Å². The molecule has 0 spiro atoms. The number of carbonyl (C=O) groups excluding carboxylic acids is 1. The van der Waals surface area contributed by atoms with Crippen LogP contribution in [0.25, 0.3) is 0 Å². The Hall–Kier alpha value is -2.87. The SMILES string of the molecule is C=CCN(c1ccc(Cl)cc1)S(=O)(=O)c1ccc(Cl)c(C(=O)Nc2cccc(C)n2)c1. The molecule has 0 saturated heterocycles. The van der Waals surface area contributed by atoms with Crippen molar-refractivity contribution in [1.82, 2.24) is 4.98 Å². The average Bonchev–Trinajstić information content (AvgIpc) is 2.73. The predicted molar refractivity (Wildman–Crippen MR) is 125 cm³/mol. The van der Waals surface area contributed by atoms with E-state index in [1.54, 1.807) is 49.4 Å². The van der Waals surface area contributed by atoms with Gasteiger partial charge in [0.1, 0.15) is 5.82 Å². The summed E-state index contributed by atoms with van der Waals surface area (Å²) in [6, 6.07) is 15.5. The van der Waals surface area contributed by atoms with Gasteiger partial charge in [0.05, 0.1) is 27.7 Å². The van der Waals surface area contributed by atoms with Crippen LogP contribution in [0.4, 0.5) is 11.5 Å². The Bertz CT molecular complexity index is 1230. The van der Waals surface area contributed by atoms with Gasteiger partial charge in [-0.3, -0.25) is 9.10 Å². The maximum Gasteiger partial charge on any atom is 0.264 e. The number of amides is 1. The molecule has 0 atom stereocenters. The number of hydrogen-bond acceptors (Lipinski definition) is 4. The summed E-state index contributed by atoms with van der Waals surface area (Å²) in [5.74, 6) is -0.231. The summed E-state index contributed by atoms with van der Waals surface area (Å²) < 4.78 is 27.9. The second-order valence-corrected chi connectivity index (χ2v) is 9.27. The number of nitrogens with zero attached hydrogens (tertiary/aromatic N) is 2. The van der Waals surface area contributed by atoms with E-state index in [1.165, 1.54) is 28.6 Å². The minimum atomic E-state index is -4.02. The van der Waals surface area contributed by atoms with Gasteiger partial charge < -0.3 is 5.32 Å². The highest BCUT2D eigenvalue weighted by atomic mass is 35.5. The van der Waals surface area contributed by atoms with Crippen LogP contribution >= 0.6 is 23.2 Å². The van der Waals surface area contributed by atoms with Crippen LogP contribution in [0.2, 0.25) is 10.0 Å². The highest BCUT2D eigenvalue weighted by Gasteiger charge is 2.26. The summed E-state index contributed by atoms with van der Waals surface area (Å²) in [6.45, 7) is 5.46. The average molecular weight is 476 g/mol. The molecule has 0 bridgehead atoms. The van der Waals surface area contributed by atoms with Gasteiger partial charge in [0.15, 0.2) is 0 Å². The van der Waals surface area contributed by atoms with E-state index in [9.17, 15) is 13.2 Å². The molecule has 1 amide bonds. The molecule has 6 nitrogen and oxygen atoms in total. The van der Waals surface area contributed by atoms with Gasteiger partial charge in [-0.25, -0.2) is 13.4 Å². The number of rotatable bonds is 7. The minimum absolute atomic E-state index is 0.0145. The smallest absolute Gasteiger partial charge is 0.264 e. The first-order chi connectivity index (χ1) is 14.7. The van der Waals surface area contributed by atoms with Crippen LogP contribution in [-0.2, 0) is 10.0 Å². The molecule has 0 aliphatic rings. The van der Waals surface area contributed by atoms with Gasteiger partial charge in [-0.15, -0.1) is 6.58 Å². The highest BCUT2D eigenvalue weighted by molar-refractivity contribution is 7.92. The summed E-state index contributed by atoms with van der Waals surface area (Å²) in [4.78, 5) is 16.9. The number of halogens is 2. The monoisotopic (exact) mass is 475 g/mol. The number of sulfonamides is 1. The Labute approximate surface area is 191 Å². The zero-order valence-corrected chi connectivity index (χ0v) is 18.9. The van der Waals surface area contributed by atoms with E-state index in [2.05, 4.69) is 16.9 Å². The molecule has 3 aromatic rings. The largest absolute Gasteiger partial charge is 0.307 e. The molecule has 160 valence electrons. The van der Waals surface area contributed by atoms with Crippen LogP contribution in [0.1, 0.15) is 16.1 Å². The summed E-state index contributed by atoms with van der Waals surface area (Å²) in [5.41, 5.74) is 1.15. The van der Waals surface area contributed by atoms with Gasteiger partial charge in [-0.1, -0.05) is 35.3 Å². The molecule has 1 aromatic heterocycles. The first kappa shape index (κ1) is 22.8. The molecule has 1 heterocycles. The number of anilines is 2. The lowest BCUT2D eigenvalue weighted by molar-refractivity contribution is 0.102. The molecule has 31 heavy (non-hydrogen) atoms. The summed E-state index contributed by atoms with van der Waals surface area (Å²) in [6.07, 6.45) is 1.47.